The van der Waals surface area contributed by atoms with Crippen molar-refractivity contribution in [3.05, 3.63) is 30.1 Å². The molecule has 1 N–H and O–H groups in total. The maximum absolute atomic E-state index is 10.9. The van der Waals surface area contributed by atoms with Crippen LogP contribution in [0.1, 0.15) is 55.9 Å². The van der Waals surface area contributed by atoms with Gasteiger partial charge >= 0.3 is 5.97 Å². The summed E-state index contributed by atoms with van der Waals surface area (Å²) in [5, 5.41) is 8.97. The Morgan fingerprint density at radius 3 is 2.89 bits per heavy atom. The average molecular weight is 260 g/mol. The van der Waals surface area contributed by atoms with Crippen LogP contribution < -0.4 is 0 Å². The molecule has 0 saturated heterocycles. The number of aromatic carboxylic acids is 1. The second-order valence-electron chi connectivity index (χ2n) is 5.01. The van der Waals surface area contributed by atoms with Gasteiger partial charge in [0.05, 0.1) is 22.9 Å². The van der Waals surface area contributed by atoms with E-state index in [4.69, 9.17) is 5.11 Å². The van der Waals surface area contributed by atoms with Crippen LogP contribution in [0.3, 0.4) is 0 Å². The number of carboxylic acids is 1. The number of imidazole rings is 1. The third-order valence-corrected chi connectivity index (χ3v) is 3.52. The molecule has 2 rings (SSSR count). The molecule has 1 aromatic carbocycles. The lowest BCUT2D eigenvalue weighted by atomic mass is 10.1. The van der Waals surface area contributed by atoms with Crippen LogP contribution in [-0.2, 0) is 0 Å². The average Bonchev–Trinajstić information content (AvgIpc) is 2.81. The van der Waals surface area contributed by atoms with Crippen molar-refractivity contribution < 1.29 is 9.90 Å². The molecule has 102 valence electrons. The number of fused-ring (bicyclic) bond motifs is 1. The van der Waals surface area contributed by atoms with Crippen molar-refractivity contribution in [2.75, 3.05) is 0 Å². The summed E-state index contributed by atoms with van der Waals surface area (Å²) < 4.78 is 2.14. The van der Waals surface area contributed by atoms with E-state index in [1.54, 1.807) is 12.1 Å². The topological polar surface area (TPSA) is 55.1 Å². The Bertz CT molecular complexity index is 575. The minimum Gasteiger partial charge on any atom is -0.478 e. The molecule has 1 heterocycles. The van der Waals surface area contributed by atoms with Crippen molar-refractivity contribution in [2.45, 2.75) is 45.6 Å². The maximum atomic E-state index is 10.9. The monoisotopic (exact) mass is 260 g/mol. The first-order valence-corrected chi connectivity index (χ1v) is 6.83. The third kappa shape index (κ3) is 2.95. The highest BCUT2D eigenvalue weighted by molar-refractivity contribution is 5.92. The van der Waals surface area contributed by atoms with Gasteiger partial charge in [0.1, 0.15) is 0 Å². The molecular formula is C15H20N2O2. The van der Waals surface area contributed by atoms with Gasteiger partial charge in [0.15, 0.2) is 0 Å². The standard InChI is InChI=1S/C15H20N2O2/c1-3-4-5-6-11(2)17-10-16-13-9-12(15(18)19)7-8-14(13)17/h7-11H,3-6H2,1-2H3,(H,18,19). The van der Waals surface area contributed by atoms with Gasteiger partial charge in [-0.2, -0.15) is 0 Å². The molecule has 4 nitrogen and oxygen atoms in total. The Kier molecular flexibility index (Phi) is 4.20. The summed E-state index contributed by atoms with van der Waals surface area (Å²) in [5.41, 5.74) is 2.05. The normalized spacial score (nSPS) is 12.7. The molecule has 0 fully saturated rings. The summed E-state index contributed by atoms with van der Waals surface area (Å²) >= 11 is 0. The summed E-state index contributed by atoms with van der Waals surface area (Å²) in [7, 11) is 0. The molecule has 0 aliphatic carbocycles. The number of rotatable bonds is 6. The number of nitrogens with zero attached hydrogens (tertiary/aromatic N) is 2. The Balaban J connectivity index is 2.22. The van der Waals surface area contributed by atoms with Gasteiger partial charge in [-0.15, -0.1) is 0 Å². The van der Waals surface area contributed by atoms with Crippen molar-refractivity contribution in [1.82, 2.24) is 9.55 Å². The first-order chi connectivity index (χ1) is 9.13. The van der Waals surface area contributed by atoms with Crippen LogP contribution in [0, 0.1) is 0 Å². The van der Waals surface area contributed by atoms with Crippen LogP contribution in [0.4, 0.5) is 0 Å². The molecule has 0 bridgehead atoms. The molecule has 2 aromatic rings. The van der Waals surface area contributed by atoms with Crippen molar-refractivity contribution in [1.29, 1.82) is 0 Å². The second kappa shape index (κ2) is 5.87. The molecule has 0 amide bonds. The van der Waals surface area contributed by atoms with Crippen LogP contribution >= 0.6 is 0 Å². The molecule has 1 atom stereocenters. The van der Waals surface area contributed by atoms with Crippen molar-refractivity contribution >= 4 is 17.0 Å². The quantitative estimate of drug-likeness (QED) is 0.802. The highest BCUT2D eigenvalue weighted by Gasteiger charge is 2.11. The molecule has 19 heavy (non-hydrogen) atoms. The van der Waals surface area contributed by atoms with Crippen molar-refractivity contribution in [3.63, 3.8) is 0 Å². The van der Waals surface area contributed by atoms with Crippen LogP contribution in [0.2, 0.25) is 0 Å². The summed E-state index contributed by atoms with van der Waals surface area (Å²) in [6, 6.07) is 5.52. The fraction of sp³-hybridized carbons (Fsp3) is 0.467. The van der Waals surface area contributed by atoms with Crippen LogP contribution in [0.25, 0.3) is 11.0 Å². The van der Waals surface area contributed by atoms with Crippen molar-refractivity contribution in [2.24, 2.45) is 0 Å². The molecule has 1 unspecified atom stereocenters. The van der Waals surface area contributed by atoms with E-state index in [0.29, 0.717) is 6.04 Å². The van der Waals surface area contributed by atoms with Gasteiger partial charge in [0.25, 0.3) is 0 Å². The first-order valence-electron chi connectivity index (χ1n) is 6.83. The number of aromatic nitrogens is 2. The van der Waals surface area contributed by atoms with E-state index in [1.165, 1.54) is 19.3 Å². The Morgan fingerprint density at radius 1 is 1.42 bits per heavy atom. The lowest BCUT2D eigenvalue weighted by Crippen LogP contribution is -2.03. The van der Waals surface area contributed by atoms with E-state index in [2.05, 4.69) is 23.4 Å². The number of benzene rings is 1. The molecule has 0 radical (unpaired) electrons. The molecule has 0 aliphatic heterocycles. The fourth-order valence-corrected chi connectivity index (χ4v) is 2.34. The van der Waals surface area contributed by atoms with Crippen LogP contribution in [-0.4, -0.2) is 20.6 Å². The Labute approximate surface area is 113 Å². The lowest BCUT2D eigenvalue weighted by molar-refractivity contribution is 0.0697. The van der Waals surface area contributed by atoms with Crippen LogP contribution in [0.5, 0.6) is 0 Å². The molecule has 1 aromatic heterocycles. The van der Waals surface area contributed by atoms with E-state index in [-0.39, 0.29) is 5.56 Å². The fourth-order valence-electron chi connectivity index (χ4n) is 2.34. The second-order valence-corrected chi connectivity index (χ2v) is 5.01. The SMILES string of the molecule is CCCCCC(C)n1cnc2cc(C(=O)O)ccc21. The largest absolute Gasteiger partial charge is 0.478 e. The maximum Gasteiger partial charge on any atom is 0.335 e. The summed E-state index contributed by atoms with van der Waals surface area (Å²) in [5.74, 6) is -0.910. The van der Waals surface area contributed by atoms with Crippen LogP contribution in [0.15, 0.2) is 24.5 Å². The Hall–Kier alpha value is -1.84. The van der Waals surface area contributed by atoms with E-state index in [1.807, 2.05) is 12.4 Å². The van der Waals surface area contributed by atoms with Gasteiger partial charge < -0.3 is 9.67 Å². The summed E-state index contributed by atoms with van der Waals surface area (Å²) in [6.45, 7) is 4.38. The minimum atomic E-state index is -0.910. The highest BCUT2D eigenvalue weighted by atomic mass is 16.4. The van der Waals surface area contributed by atoms with Gasteiger partial charge in [0, 0.05) is 6.04 Å². The van der Waals surface area contributed by atoms with E-state index >= 15 is 0 Å². The zero-order valence-corrected chi connectivity index (χ0v) is 11.5. The highest BCUT2D eigenvalue weighted by Crippen LogP contribution is 2.22. The number of hydrogen-bond acceptors (Lipinski definition) is 2. The molecule has 0 spiro atoms. The minimum absolute atomic E-state index is 0.288. The molecule has 0 aliphatic rings. The summed E-state index contributed by atoms with van der Waals surface area (Å²) in [4.78, 5) is 15.2. The van der Waals surface area contributed by atoms with E-state index in [0.717, 1.165) is 17.5 Å². The van der Waals surface area contributed by atoms with Gasteiger partial charge in [-0.3, -0.25) is 0 Å². The summed E-state index contributed by atoms with van der Waals surface area (Å²) in [6.07, 6.45) is 6.62. The number of carboxylic acid groups (broad SMARTS) is 1. The number of hydrogen-bond donors (Lipinski definition) is 1. The molecular weight excluding hydrogens is 240 g/mol. The zero-order valence-electron chi connectivity index (χ0n) is 11.5. The first kappa shape index (κ1) is 13.6. The molecule has 4 heteroatoms. The smallest absolute Gasteiger partial charge is 0.335 e. The third-order valence-electron chi connectivity index (χ3n) is 3.52. The van der Waals surface area contributed by atoms with Crippen molar-refractivity contribution in [3.8, 4) is 0 Å². The van der Waals surface area contributed by atoms with Gasteiger partial charge in [-0.25, -0.2) is 9.78 Å². The predicted octanol–water partition coefficient (Wildman–Crippen LogP) is 3.88. The van der Waals surface area contributed by atoms with Gasteiger partial charge in [-0.1, -0.05) is 26.2 Å². The lowest BCUT2D eigenvalue weighted by Gasteiger charge is -2.14. The molecule has 0 saturated carbocycles. The predicted molar refractivity (Wildman–Crippen MR) is 75.5 cm³/mol. The van der Waals surface area contributed by atoms with Gasteiger partial charge in [0.2, 0.25) is 0 Å². The van der Waals surface area contributed by atoms with E-state index < -0.39 is 5.97 Å². The van der Waals surface area contributed by atoms with E-state index in [9.17, 15) is 4.79 Å². The van der Waals surface area contributed by atoms with Gasteiger partial charge in [-0.05, 0) is 31.5 Å². The number of carbonyl (C=O) groups is 1. The zero-order chi connectivity index (χ0) is 13.8. The Morgan fingerprint density at radius 2 is 2.21 bits per heavy atom. The number of unbranched alkanes of at least 4 members (excludes halogenated alkanes) is 2.